The zero-order chi connectivity index (χ0) is 15.3. The fourth-order valence-corrected chi connectivity index (χ4v) is 3.61. The van der Waals surface area contributed by atoms with E-state index in [9.17, 15) is 9.59 Å². The summed E-state index contributed by atoms with van der Waals surface area (Å²) in [4.78, 5) is 26.3. The van der Waals surface area contributed by atoms with Crippen LogP contribution in [0.15, 0.2) is 24.3 Å². The Hall–Kier alpha value is -2.01. The number of rotatable bonds is 2. The number of carbonyl (C=O) groups excluding carboxylic acids is 2. The van der Waals surface area contributed by atoms with Gasteiger partial charge >= 0.3 is 0 Å². The second kappa shape index (κ2) is 5.02. The van der Waals surface area contributed by atoms with Crippen molar-refractivity contribution in [2.24, 2.45) is 11.8 Å². The Morgan fingerprint density at radius 1 is 1.09 bits per heavy atom. The molecule has 5 nitrogen and oxygen atoms in total. The number of imide groups is 1. The molecule has 0 bridgehead atoms. The van der Waals surface area contributed by atoms with Gasteiger partial charge in [0, 0.05) is 0 Å². The molecule has 2 atom stereocenters. The first-order valence-corrected chi connectivity index (χ1v) is 7.61. The van der Waals surface area contributed by atoms with Gasteiger partial charge in [-0.1, -0.05) is 23.8 Å². The van der Waals surface area contributed by atoms with Crippen molar-refractivity contribution >= 4 is 23.4 Å². The topological polar surface area (TPSA) is 55.8 Å². The molecule has 2 aliphatic heterocycles. The number of allylic oxidation sites excluding steroid dienone is 2. The Morgan fingerprint density at radius 3 is 2.45 bits per heavy atom. The molecule has 0 radical (unpaired) electrons. The molecular weight excluding hydrogens is 306 g/mol. The van der Waals surface area contributed by atoms with Gasteiger partial charge in [-0.25, -0.2) is 0 Å². The van der Waals surface area contributed by atoms with E-state index in [1.165, 1.54) is 4.90 Å². The third kappa shape index (κ3) is 2.00. The lowest BCUT2D eigenvalue weighted by Gasteiger charge is -2.15. The molecule has 0 N–H and O–H groups in total. The van der Waals surface area contributed by atoms with Crippen LogP contribution >= 0.6 is 11.6 Å². The minimum atomic E-state index is -0.206. The van der Waals surface area contributed by atoms with Crippen LogP contribution in [0, 0.1) is 11.8 Å². The van der Waals surface area contributed by atoms with Gasteiger partial charge in [0.15, 0.2) is 11.5 Å². The first kappa shape index (κ1) is 13.6. The van der Waals surface area contributed by atoms with E-state index in [1.54, 1.807) is 12.1 Å². The minimum Gasteiger partial charge on any atom is -0.454 e. The van der Waals surface area contributed by atoms with Gasteiger partial charge in [0.2, 0.25) is 18.6 Å². The molecular formula is C16H14ClNO4. The standard InChI is InChI=1S/C16H14ClNO4/c17-12-5-9(6-13-14(12)22-8-21-13)7-18-15(19)10-3-1-2-4-11(10)16(18)20/h1-2,5-6,10-11H,3-4,7-8H2/t10-,11-/m0/s1. The Balaban J connectivity index is 1.60. The Labute approximate surface area is 132 Å². The number of likely N-dealkylation sites (tertiary alicyclic amines) is 1. The number of hydrogen-bond donors (Lipinski definition) is 0. The summed E-state index contributed by atoms with van der Waals surface area (Å²) < 4.78 is 10.6. The zero-order valence-corrected chi connectivity index (χ0v) is 12.5. The van der Waals surface area contributed by atoms with Gasteiger partial charge in [0.05, 0.1) is 23.4 Å². The molecule has 0 unspecified atom stereocenters. The van der Waals surface area contributed by atoms with Crippen molar-refractivity contribution in [1.29, 1.82) is 0 Å². The highest BCUT2D eigenvalue weighted by atomic mass is 35.5. The molecule has 1 fully saturated rings. The van der Waals surface area contributed by atoms with Crippen molar-refractivity contribution in [3.63, 3.8) is 0 Å². The van der Waals surface area contributed by atoms with E-state index < -0.39 is 0 Å². The third-order valence-electron chi connectivity index (χ3n) is 4.43. The van der Waals surface area contributed by atoms with Gasteiger partial charge in [0.25, 0.3) is 0 Å². The number of amides is 2. The van der Waals surface area contributed by atoms with Gasteiger partial charge in [-0.15, -0.1) is 0 Å². The lowest BCUT2D eigenvalue weighted by Crippen LogP contribution is -2.30. The number of carbonyl (C=O) groups is 2. The molecule has 2 amide bonds. The van der Waals surface area contributed by atoms with Crippen molar-refractivity contribution in [3.05, 3.63) is 34.9 Å². The molecule has 2 heterocycles. The van der Waals surface area contributed by atoms with E-state index in [-0.39, 0.29) is 37.0 Å². The monoisotopic (exact) mass is 319 g/mol. The first-order chi connectivity index (χ1) is 10.6. The maximum Gasteiger partial charge on any atom is 0.233 e. The molecule has 114 valence electrons. The highest BCUT2D eigenvalue weighted by Crippen LogP contribution is 2.41. The number of halogens is 1. The predicted octanol–water partition coefficient (Wildman–Crippen LogP) is 2.52. The molecule has 1 saturated heterocycles. The molecule has 1 aliphatic carbocycles. The molecule has 0 aromatic heterocycles. The molecule has 1 aromatic carbocycles. The van der Waals surface area contributed by atoms with Gasteiger partial charge < -0.3 is 9.47 Å². The predicted molar refractivity (Wildman–Crippen MR) is 78.5 cm³/mol. The Morgan fingerprint density at radius 2 is 1.77 bits per heavy atom. The molecule has 6 heteroatoms. The lowest BCUT2D eigenvalue weighted by molar-refractivity contribution is -0.140. The van der Waals surface area contributed by atoms with Crippen molar-refractivity contribution in [1.82, 2.24) is 4.90 Å². The van der Waals surface area contributed by atoms with Crippen LogP contribution in [0.2, 0.25) is 5.02 Å². The Kier molecular flexibility index (Phi) is 3.11. The summed E-state index contributed by atoms with van der Waals surface area (Å²) in [5.74, 6) is 0.480. The largest absolute Gasteiger partial charge is 0.454 e. The summed E-state index contributed by atoms with van der Waals surface area (Å²) in [6.45, 7) is 0.358. The average Bonchev–Trinajstić information content (AvgIpc) is 3.08. The van der Waals surface area contributed by atoms with Gasteiger partial charge in [-0.3, -0.25) is 14.5 Å². The van der Waals surface area contributed by atoms with Crippen LogP contribution in [0.1, 0.15) is 18.4 Å². The minimum absolute atomic E-state index is 0.0897. The SMILES string of the molecule is O=C1[C@H]2CC=CC[C@@H]2C(=O)N1Cc1cc(Cl)c2c(c1)OCO2. The van der Waals surface area contributed by atoms with E-state index >= 15 is 0 Å². The summed E-state index contributed by atoms with van der Waals surface area (Å²) in [5, 5.41) is 0.433. The maximum atomic E-state index is 12.5. The number of hydrogen-bond acceptors (Lipinski definition) is 4. The molecule has 4 rings (SSSR count). The van der Waals surface area contributed by atoms with Gasteiger partial charge in [-0.05, 0) is 30.5 Å². The second-order valence-corrected chi connectivity index (χ2v) is 6.14. The Bertz CT molecular complexity index is 674. The maximum absolute atomic E-state index is 12.5. The van der Waals surface area contributed by atoms with E-state index in [0.717, 1.165) is 5.56 Å². The van der Waals surface area contributed by atoms with Gasteiger partial charge in [-0.2, -0.15) is 0 Å². The van der Waals surface area contributed by atoms with E-state index in [2.05, 4.69) is 0 Å². The summed E-state index contributed by atoms with van der Waals surface area (Å²) in [7, 11) is 0. The highest BCUT2D eigenvalue weighted by Gasteiger charge is 2.47. The van der Waals surface area contributed by atoms with E-state index in [1.807, 2.05) is 12.2 Å². The quantitative estimate of drug-likeness (QED) is 0.621. The van der Waals surface area contributed by atoms with Crippen LogP contribution in [0.3, 0.4) is 0 Å². The van der Waals surface area contributed by atoms with Crippen LogP contribution in [-0.2, 0) is 16.1 Å². The fourth-order valence-electron chi connectivity index (χ4n) is 3.32. The summed E-state index contributed by atoms with van der Waals surface area (Å²) in [6.07, 6.45) is 5.25. The van der Waals surface area contributed by atoms with Gasteiger partial charge in [0.1, 0.15) is 0 Å². The molecule has 0 spiro atoms. The second-order valence-electron chi connectivity index (χ2n) is 5.73. The van der Waals surface area contributed by atoms with Crippen LogP contribution in [0.4, 0.5) is 0 Å². The number of ether oxygens (including phenoxy) is 2. The fraction of sp³-hybridized carbons (Fsp3) is 0.375. The first-order valence-electron chi connectivity index (χ1n) is 7.23. The average molecular weight is 320 g/mol. The zero-order valence-electron chi connectivity index (χ0n) is 11.8. The summed E-state index contributed by atoms with van der Waals surface area (Å²) in [6, 6.07) is 3.49. The van der Waals surface area contributed by atoms with Crippen molar-refractivity contribution in [2.45, 2.75) is 19.4 Å². The molecule has 1 aromatic rings. The number of benzene rings is 1. The number of fused-ring (bicyclic) bond motifs is 2. The van der Waals surface area contributed by atoms with Crippen molar-refractivity contribution < 1.29 is 19.1 Å². The van der Waals surface area contributed by atoms with Crippen molar-refractivity contribution in [3.8, 4) is 11.5 Å². The molecule has 22 heavy (non-hydrogen) atoms. The third-order valence-corrected chi connectivity index (χ3v) is 4.71. The van der Waals surface area contributed by atoms with Crippen LogP contribution < -0.4 is 9.47 Å². The van der Waals surface area contributed by atoms with Crippen LogP contribution in [0.25, 0.3) is 0 Å². The van der Waals surface area contributed by atoms with Crippen LogP contribution in [0.5, 0.6) is 11.5 Å². The van der Waals surface area contributed by atoms with E-state index in [0.29, 0.717) is 29.4 Å². The summed E-state index contributed by atoms with van der Waals surface area (Å²) in [5.41, 5.74) is 0.766. The normalized spacial score (nSPS) is 25.8. The van der Waals surface area contributed by atoms with Crippen molar-refractivity contribution in [2.75, 3.05) is 6.79 Å². The lowest BCUT2D eigenvalue weighted by atomic mass is 9.85. The molecule has 0 saturated carbocycles. The van der Waals surface area contributed by atoms with Crippen LogP contribution in [-0.4, -0.2) is 23.5 Å². The smallest absolute Gasteiger partial charge is 0.233 e. The molecule has 3 aliphatic rings. The number of nitrogens with zero attached hydrogens (tertiary/aromatic N) is 1. The highest BCUT2D eigenvalue weighted by molar-refractivity contribution is 6.32. The summed E-state index contributed by atoms with van der Waals surface area (Å²) >= 11 is 6.15. The van der Waals surface area contributed by atoms with E-state index in [4.69, 9.17) is 21.1 Å².